The van der Waals surface area contributed by atoms with Crippen LogP contribution in [0.25, 0.3) is 10.9 Å². The third kappa shape index (κ3) is 4.29. The molecule has 7 heteroatoms. The highest BCUT2D eigenvalue weighted by atomic mass is 127. The van der Waals surface area contributed by atoms with E-state index in [2.05, 4.69) is 38.2 Å². The van der Waals surface area contributed by atoms with Crippen LogP contribution < -0.4 is 20.8 Å². The average molecular weight is 510 g/mol. The van der Waals surface area contributed by atoms with E-state index in [9.17, 15) is 4.79 Å². The largest absolute Gasteiger partial charge is 0.492 e. The van der Waals surface area contributed by atoms with Crippen LogP contribution in [0.15, 0.2) is 47.3 Å². The van der Waals surface area contributed by atoms with Gasteiger partial charge in [0.1, 0.15) is 11.6 Å². The fourth-order valence-corrected chi connectivity index (χ4v) is 4.73. The second-order valence-corrected chi connectivity index (χ2v) is 8.42. The summed E-state index contributed by atoms with van der Waals surface area (Å²) in [7, 11) is 0. The number of fused-ring (bicyclic) bond motifs is 2. The molecule has 146 valence electrons. The molecule has 0 saturated heterocycles. The summed E-state index contributed by atoms with van der Waals surface area (Å²) in [5.41, 5.74) is 2.01. The van der Waals surface area contributed by atoms with Gasteiger partial charge in [-0.1, -0.05) is 23.7 Å². The molecule has 1 unspecified atom stereocenters. The zero-order valence-electron chi connectivity index (χ0n) is 15.2. The first-order chi connectivity index (χ1) is 13.6. The zero-order valence-corrected chi connectivity index (χ0v) is 18.1. The summed E-state index contributed by atoms with van der Waals surface area (Å²) in [6.45, 7) is 2.33. The molecule has 0 aliphatic carbocycles. The molecule has 1 aliphatic heterocycles. The van der Waals surface area contributed by atoms with E-state index in [1.807, 2.05) is 36.4 Å². The average Bonchev–Trinajstić information content (AvgIpc) is 2.68. The molecule has 28 heavy (non-hydrogen) atoms. The number of hydrogen-bond acceptors (Lipinski definition) is 4. The number of rotatable bonds is 6. The van der Waals surface area contributed by atoms with Gasteiger partial charge in [0.15, 0.2) is 5.43 Å². The normalized spacial score (nSPS) is 15.9. The van der Waals surface area contributed by atoms with Gasteiger partial charge in [-0.05, 0) is 59.8 Å². The number of aromatic amines is 1. The minimum Gasteiger partial charge on any atom is -0.492 e. The lowest BCUT2D eigenvalue weighted by Crippen LogP contribution is -2.29. The molecule has 0 amide bonds. The van der Waals surface area contributed by atoms with Crippen molar-refractivity contribution in [3.8, 4) is 5.75 Å². The number of halogens is 2. The third-order valence-electron chi connectivity index (χ3n) is 4.86. The maximum atomic E-state index is 12.2. The second-order valence-electron chi connectivity index (χ2n) is 6.82. The maximum absolute atomic E-state index is 12.2. The number of ether oxygens (including phenoxy) is 1. The van der Waals surface area contributed by atoms with Crippen molar-refractivity contribution in [1.29, 1.82) is 0 Å². The van der Waals surface area contributed by atoms with Crippen molar-refractivity contribution in [3.05, 3.63) is 66.8 Å². The van der Waals surface area contributed by atoms with Crippen molar-refractivity contribution >= 4 is 50.9 Å². The fraction of sp³-hybridized carbons (Fsp3) is 0.286. The fourth-order valence-electron chi connectivity index (χ4n) is 3.52. The number of aromatic nitrogens is 1. The minimum absolute atomic E-state index is 0.0280. The summed E-state index contributed by atoms with van der Waals surface area (Å²) in [4.78, 5) is 15.4. The van der Waals surface area contributed by atoms with Gasteiger partial charge in [0, 0.05) is 41.0 Å². The molecule has 0 radical (unpaired) electrons. The van der Waals surface area contributed by atoms with E-state index in [1.54, 1.807) is 6.07 Å². The van der Waals surface area contributed by atoms with E-state index < -0.39 is 0 Å². The zero-order chi connectivity index (χ0) is 19.5. The molecule has 3 aromatic rings. The lowest BCUT2D eigenvalue weighted by molar-refractivity contribution is 0.251. The Labute approximate surface area is 182 Å². The van der Waals surface area contributed by atoms with Crippen LogP contribution in [0.1, 0.15) is 24.4 Å². The van der Waals surface area contributed by atoms with Crippen LogP contribution >= 0.6 is 34.2 Å². The van der Waals surface area contributed by atoms with E-state index in [0.717, 1.165) is 57.2 Å². The highest BCUT2D eigenvalue weighted by molar-refractivity contribution is 14.1. The molecule has 0 fully saturated rings. The number of H-pyrrole nitrogens is 1. The Hall–Kier alpha value is -1.77. The first-order valence-electron chi connectivity index (χ1n) is 9.33. The number of para-hydroxylation sites is 1. The molecule has 2 aromatic carbocycles. The summed E-state index contributed by atoms with van der Waals surface area (Å²) < 4.78 is 6.87. The lowest BCUT2D eigenvalue weighted by atomic mass is 10.0. The van der Waals surface area contributed by atoms with Crippen molar-refractivity contribution in [2.24, 2.45) is 0 Å². The SMILES string of the molecule is O=c1cc(NCCCNC2CCOc3c(I)cc(Cl)cc32)[nH]c2ccccc12. The van der Waals surface area contributed by atoms with E-state index in [1.165, 1.54) is 0 Å². The minimum atomic E-state index is 0.0280. The molecule has 1 atom stereocenters. The molecular weight excluding hydrogens is 489 g/mol. The predicted molar refractivity (Wildman–Crippen MR) is 123 cm³/mol. The predicted octanol–water partition coefficient (Wildman–Crippen LogP) is 4.70. The molecule has 4 rings (SSSR count). The van der Waals surface area contributed by atoms with Gasteiger partial charge in [-0.3, -0.25) is 4.79 Å². The monoisotopic (exact) mass is 509 g/mol. The third-order valence-corrected chi connectivity index (χ3v) is 5.88. The Bertz CT molecular complexity index is 1050. The summed E-state index contributed by atoms with van der Waals surface area (Å²) >= 11 is 8.49. The summed E-state index contributed by atoms with van der Waals surface area (Å²) in [5.74, 6) is 1.70. The molecule has 0 saturated carbocycles. The highest BCUT2D eigenvalue weighted by Crippen LogP contribution is 2.37. The van der Waals surface area contributed by atoms with Gasteiger partial charge >= 0.3 is 0 Å². The van der Waals surface area contributed by atoms with Crippen LogP contribution in [-0.4, -0.2) is 24.7 Å². The Morgan fingerprint density at radius 2 is 2.07 bits per heavy atom. The number of anilines is 1. The summed E-state index contributed by atoms with van der Waals surface area (Å²) in [5, 5.41) is 8.36. The van der Waals surface area contributed by atoms with E-state index in [-0.39, 0.29) is 11.5 Å². The number of hydrogen-bond donors (Lipinski definition) is 3. The number of benzene rings is 2. The first-order valence-corrected chi connectivity index (χ1v) is 10.8. The van der Waals surface area contributed by atoms with Gasteiger partial charge in [-0.15, -0.1) is 0 Å². The van der Waals surface area contributed by atoms with Crippen molar-refractivity contribution in [2.75, 3.05) is 25.0 Å². The first kappa shape index (κ1) is 19.5. The van der Waals surface area contributed by atoms with Crippen LogP contribution in [0.2, 0.25) is 5.02 Å². The molecule has 3 N–H and O–H groups in total. The van der Waals surface area contributed by atoms with Crippen LogP contribution in [0, 0.1) is 3.57 Å². The Morgan fingerprint density at radius 3 is 2.96 bits per heavy atom. The van der Waals surface area contributed by atoms with Gasteiger partial charge in [0.05, 0.1) is 15.7 Å². The molecule has 2 heterocycles. The van der Waals surface area contributed by atoms with Crippen molar-refractivity contribution < 1.29 is 4.74 Å². The standard InChI is InChI=1S/C21H21ClIN3O2/c22-13-10-15-17(6-9-28-21(15)16(23)11-13)24-7-3-8-25-20-12-19(27)14-4-1-2-5-18(14)26-20/h1-2,4-5,10-12,17,24H,3,6-9H2,(H2,25,26,27). The molecular formula is C21H21ClIN3O2. The molecule has 0 spiro atoms. The van der Waals surface area contributed by atoms with Gasteiger partial charge in [-0.25, -0.2) is 0 Å². The Kier molecular flexibility index (Phi) is 6.08. The topological polar surface area (TPSA) is 66.2 Å². The van der Waals surface area contributed by atoms with Crippen LogP contribution in [-0.2, 0) is 0 Å². The van der Waals surface area contributed by atoms with E-state index in [4.69, 9.17) is 16.3 Å². The van der Waals surface area contributed by atoms with Gasteiger partial charge in [0.25, 0.3) is 0 Å². The molecule has 5 nitrogen and oxygen atoms in total. The summed E-state index contributed by atoms with van der Waals surface area (Å²) in [6, 6.07) is 13.3. The summed E-state index contributed by atoms with van der Waals surface area (Å²) in [6.07, 6.45) is 1.86. The molecule has 1 aromatic heterocycles. The number of pyridine rings is 1. The van der Waals surface area contributed by atoms with Gasteiger partial charge in [0.2, 0.25) is 0 Å². The van der Waals surface area contributed by atoms with E-state index in [0.29, 0.717) is 12.0 Å². The Morgan fingerprint density at radius 1 is 1.21 bits per heavy atom. The quantitative estimate of drug-likeness (QED) is 0.333. The van der Waals surface area contributed by atoms with Crippen LogP contribution in [0.5, 0.6) is 5.75 Å². The number of nitrogens with one attached hydrogen (secondary N) is 3. The van der Waals surface area contributed by atoms with E-state index >= 15 is 0 Å². The molecule has 1 aliphatic rings. The lowest BCUT2D eigenvalue weighted by Gasteiger charge is -2.28. The van der Waals surface area contributed by atoms with Crippen molar-refractivity contribution in [1.82, 2.24) is 10.3 Å². The van der Waals surface area contributed by atoms with Crippen LogP contribution in [0.3, 0.4) is 0 Å². The Balaban J connectivity index is 1.32. The van der Waals surface area contributed by atoms with Gasteiger partial charge in [-0.2, -0.15) is 0 Å². The highest BCUT2D eigenvalue weighted by Gasteiger charge is 2.23. The van der Waals surface area contributed by atoms with Crippen LogP contribution in [0.4, 0.5) is 5.82 Å². The molecule has 0 bridgehead atoms. The second kappa shape index (κ2) is 8.71. The van der Waals surface area contributed by atoms with Gasteiger partial charge < -0.3 is 20.4 Å². The van der Waals surface area contributed by atoms with Crippen molar-refractivity contribution in [2.45, 2.75) is 18.9 Å². The smallest absolute Gasteiger partial charge is 0.191 e. The van der Waals surface area contributed by atoms with Crippen molar-refractivity contribution in [3.63, 3.8) is 0 Å². The maximum Gasteiger partial charge on any atom is 0.191 e.